The molecule has 0 saturated carbocycles. The van der Waals surface area contributed by atoms with E-state index in [-0.39, 0.29) is 4.90 Å². The Labute approximate surface area is 163 Å². The molecular weight excluding hydrogens is 380 g/mol. The quantitative estimate of drug-likeness (QED) is 0.647. The third-order valence-corrected chi connectivity index (χ3v) is 7.05. The normalized spacial score (nSPS) is 16.5. The molecule has 3 heterocycles. The van der Waals surface area contributed by atoms with Crippen molar-refractivity contribution in [3.05, 3.63) is 53.6 Å². The van der Waals surface area contributed by atoms with E-state index >= 15 is 0 Å². The number of hydrogen-bond acceptors (Lipinski definition) is 7. The standard InChI is InChI=1S/C19H22N4O4S/c1-14-19(15(2)26-20-14)28(24,25)23-10-8-22(9-11-23)13-17-12-18(21-27-17)16-6-4-3-5-7-16/h3-7,12H,8-11,13H2,1-2H3. The lowest BCUT2D eigenvalue weighted by molar-refractivity contribution is 0.166. The van der Waals surface area contributed by atoms with Gasteiger partial charge in [-0.15, -0.1) is 0 Å². The van der Waals surface area contributed by atoms with Crippen LogP contribution in [0.3, 0.4) is 0 Å². The monoisotopic (exact) mass is 402 g/mol. The van der Waals surface area contributed by atoms with Gasteiger partial charge in [-0.05, 0) is 13.8 Å². The van der Waals surface area contributed by atoms with E-state index in [9.17, 15) is 8.42 Å². The largest absolute Gasteiger partial charge is 0.360 e. The van der Waals surface area contributed by atoms with Crippen molar-refractivity contribution >= 4 is 10.0 Å². The number of nitrogens with zero attached hydrogens (tertiary/aromatic N) is 4. The summed E-state index contributed by atoms with van der Waals surface area (Å²) in [6.07, 6.45) is 0. The van der Waals surface area contributed by atoms with Crippen molar-refractivity contribution in [3.63, 3.8) is 0 Å². The van der Waals surface area contributed by atoms with E-state index in [0.717, 1.165) is 17.0 Å². The smallest absolute Gasteiger partial charge is 0.248 e. The Morgan fingerprint density at radius 1 is 1.00 bits per heavy atom. The predicted molar refractivity (Wildman–Crippen MR) is 102 cm³/mol. The van der Waals surface area contributed by atoms with Gasteiger partial charge in [-0.1, -0.05) is 40.6 Å². The zero-order chi connectivity index (χ0) is 19.7. The first-order chi connectivity index (χ1) is 13.4. The van der Waals surface area contributed by atoms with Crippen LogP contribution >= 0.6 is 0 Å². The van der Waals surface area contributed by atoms with Gasteiger partial charge in [0.1, 0.15) is 16.3 Å². The molecule has 0 radical (unpaired) electrons. The van der Waals surface area contributed by atoms with Gasteiger partial charge in [0.05, 0.1) is 6.54 Å². The molecule has 2 aromatic heterocycles. The van der Waals surface area contributed by atoms with Crippen molar-refractivity contribution in [2.75, 3.05) is 26.2 Å². The molecule has 1 aliphatic rings. The number of benzene rings is 1. The fraction of sp³-hybridized carbons (Fsp3) is 0.368. The molecule has 1 aromatic carbocycles. The van der Waals surface area contributed by atoms with Gasteiger partial charge in [-0.3, -0.25) is 4.90 Å². The molecule has 1 fully saturated rings. The van der Waals surface area contributed by atoms with Crippen molar-refractivity contribution in [2.24, 2.45) is 0 Å². The maximum absolute atomic E-state index is 12.9. The lowest BCUT2D eigenvalue weighted by Gasteiger charge is -2.33. The van der Waals surface area contributed by atoms with Gasteiger partial charge in [0.25, 0.3) is 0 Å². The lowest BCUT2D eigenvalue weighted by atomic mass is 10.1. The van der Waals surface area contributed by atoms with E-state index in [1.54, 1.807) is 13.8 Å². The highest BCUT2D eigenvalue weighted by atomic mass is 32.2. The van der Waals surface area contributed by atoms with Crippen molar-refractivity contribution in [1.82, 2.24) is 19.5 Å². The Morgan fingerprint density at radius 3 is 2.36 bits per heavy atom. The molecular formula is C19H22N4O4S. The molecule has 0 atom stereocenters. The summed E-state index contributed by atoms with van der Waals surface area (Å²) in [5, 5.41) is 7.90. The number of rotatable bonds is 5. The summed E-state index contributed by atoms with van der Waals surface area (Å²) in [5.74, 6) is 1.09. The van der Waals surface area contributed by atoms with Crippen LogP contribution in [0.25, 0.3) is 11.3 Å². The fourth-order valence-corrected chi connectivity index (χ4v) is 5.17. The zero-order valence-electron chi connectivity index (χ0n) is 15.8. The second-order valence-electron chi connectivity index (χ2n) is 6.88. The molecule has 28 heavy (non-hydrogen) atoms. The Bertz CT molecular complexity index is 1030. The van der Waals surface area contributed by atoms with E-state index in [2.05, 4.69) is 15.2 Å². The summed E-state index contributed by atoms with van der Waals surface area (Å²) in [4.78, 5) is 2.35. The molecule has 8 nitrogen and oxygen atoms in total. The van der Waals surface area contributed by atoms with Gasteiger partial charge in [-0.2, -0.15) is 4.31 Å². The molecule has 148 valence electrons. The van der Waals surface area contributed by atoms with Crippen LogP contribution in [0.15, 0.2) is 50.3 Å². The molecule has 0 bridgehead atoms. The molecule has 0 N–H and O–H groups in total. The average Bonchev–Trinajstić information content (AvgIpc) is 3.29. The third kappa shape index (κ3) is 3.60. The minimum Gasteiger partial charge on any atom is -0.360 e. The maximum atomic E-state index is 12.9. The van der Waals surface area contributed by atoms with E-state index in [1.807, 2.05) is 36.4 Å². The highest BCUT2D eigenvalue weighted by molar-refractivity contribution is 7.89. The second kappa shape index (κ2) is 7.50. The number of piperazine rings is 1. The Morgan fingerprint density at radius 2 is 1.71 bits per heavy atom. The van der Waals surface area contributed by atoms with Crippen LogP contribution in [0.4, 0.5) is 0 Å². The van der Waals surface area contributed by atoms with Crippen LogP contribution in [0.2, 0.25) is 0 Å². The molecule has 3 aromatic rings. The van der Waals surface area contributed by atoms with Crippen LogP contribution in [-0.4, -0.2) is 54.1 Å². The summed E-state index contributed by atoms with van der Waals surface area (Å²) in [5.41, 5.74) is 2.21. The molecule has 9 heteroatoms. The van der Waals surface area contributed by atoms with Crippen LogP contribution in [0.5, 0.6) is 0 Å². The van der Waals surface area contributed by atoms with Crippen molar-refractivity contribution in [3.8, 4) is 11.3 Å². The topological polar surface area (TPSA) is 92.7 Å². The lowest BCUT2D eigenvalue weighted by Crippen LogP contribution is -2.48. The van der Waals surface area contributed by atoms with Gasteiger partial charge in [0.2, 0.25) is 10.0 Å². The van der Waals surface area contributed by atoms with Gasteiger partial charge < -0.3 is 9.05 Å². The third-order valence-electron chi connectivity index (χ3n) is 4.90. The molecule has 0 amide bonds. The maximum Gasteiger partial charge on any atom is 0.248 e. The van der Waals surface area contributed by atoms with Gasteiger partial charge in [-0.25, -0.2) is 8.42 Å². The van der Waals surface area contributed by atoms with Gasteiger partial charge in [0, 0.05) is 37.8 Å². The predicted octanol–water partition coefficient (Wildman–Crippen LogP) is 2.45. The summed E-state index contributed by atoms with van der Waals surface area (Å²) >= 11 is 0. The molecule has 4 rings (SSSR count). The van der Waals surface area contributed by atoms with Crippen LogP contribution in [-0.2, 0) is 16.6 Å². The molecule has 1 saturated heterocycles. The molecule has 1 aliphatic heterocycles. The second-order valence-corrected chi connectivity index (χ2v) is 8.75. The highest BCUT2D eigenvalue weighted by Gasteiger charge is 2.33. The summed E-state index contributed by atoms with van der Waals surface area (Å²) in [6.45, 7) is 5.91. The molecule has 0 unspecified atom stereocenters. The van der Waals surface area contributed by atoms with Crippen molar-refractivity contribution in [1.29, 1.82) is 0 Å². The Balaban J connectivity index is 1.39. The Kier molecular flexibility index (Phi) is 5.05. The first kappa shape index (κ1) is 18.9. The van der Waals surface area contributed by atoms with Gasteiger partial charge in [0.15, 0.2) is 11.5 Å². The first-order valence-electron chi connectivity index (χ1n) is 9.11. The minimum atomic E-state index is -3.59. The summed E-state index contributed by atoms with van der Waals surface area (Å²) < 4.78 is 37.8. The number of aryl methyl sites for hydroxylation is 2. The first-order valence-corrected chi connectivity index (χ1v) is 10.6. The van der Waals surface area contributed by atoms with Gasteiger partial charge >= 0.3 is 0 Å². The Hall–Kier alpha value is -2.49. The number of aromatic nitrogens is 2. The number of sulfonamides is 1. The summed E-state index contributed by atoms with van der Waals surface area (Å²) in [7, 11) is -3.59. The van der Waals surface area contributed by atoms with E-state index < -0.39 is 10.0 Å². The van der Waals surface area contributed by atoms with Crippen LogP contribution in [0.1, 0.15) is 17.2 Å². The summed E-state index contributed by atoms with van der Waals surface area (Å²) in [6, 6.07) is 11.8. The van der Waals surface area contributed by atoms with Crippen molar-refractivity contribution in [2.45, 2.75) is 25.3 Å². The van der Waals surface area contributed by atoms with Crippen LogP contribution in [0, 0.1) is 13.8 Å². The van der Waals surface area contributed by atoms with Crippen LogP contribution < -0.4 is 0 Å². The van der Waals surface area contributed by atoms with E-state index in [0.29, 0.717) is 44.2 Å². The van der Waals surface area contributed by atoms with E-state index in [1.165, 1.54) is 4.31 Å². The van der Waals surface area contributed by atoms with E-state index in [4.69, 9.17) is 9.05 Å². The molecule has 0 aliphatic carbocycles. The average molecular weight is 402 g/mol. The zero-order valence-corrected chi connectivity index (χ0v) is 16.6. The SMILES string of the molecule is Cc1noc(C)c1S(=O)(=O)N1CCN(Cc2cc(-c3ccccc3)no2)CC1. The molecule has 0 spiro atoms. The fourth-order valence-electron chi connectivity index (χ4n) is 3.45. The minimum absolute atomic E-state index is 0.184. The van der Waals surface area contributed by atoms with Crippen molar-refractivity contribution < 1.29 is 17.5 Å². The number of hydrogen-bond donors (Lipinski definition) is 0. The highest BCUT2D eigenvalue weighted by Crippen LogP contribution is 2.25.